The minimum atomic E-state index is 0.502. The fraction of sp³-hybridized carbons (Fsp3) is 1.00. The van der Waals surface area contributed by atoms with Crippen molar-refractivity contribution in [1.29, 1.82) is 0 Å². The minimum absolute atomic E-state index is 0.502. The molecule has 2 aliphatic rings. The summed E-state index contributed by atoms with van der Waals surface area (Å²) < 4.78 is 5.72. The van der Waals surface area contributed by atoms with E-state index in [0.29, 0.717) is 11.5 Å². The second kappa shape index (κ2) is 3.82. The quantitative estimate of drug-likeness (QED) is 0.638. The first-order valence-corrected chi connectivity index (χ1v) is 5.93. The van der Waals surface area contributed by atoms with Gasteiger partial charge in [-0.3, -0.25) is 0 Å². The van der Waals surface area contributed by atoms with Crippen molar-refractivity contribution in [3.63, 3.8) is 0 Å². The lowest BCUT2D eigenvalue weighted by Crippen LogP contribution is -2.39. The van der Waals surface area contributed by atoms with E-state index in [-0.39, 0.29) is 0 Å². The van der Waals surface area contributed by atoms with E-state index in [0.717, 1.165) is 19.1 Å². The molecule has 1 spiro atoms. The first kappa shape index (κ1) is 10.4. The Morgan fingerprint density at radius 3 is 2.79 bits per heavy atom. The van der Waals surface area contributed by atoms with E-state index in [2.05, 4.69) is 25.7 Å². The molecule has 2 heteroatoms. The Morgan fingerprint density at radius 2 is 2.21 bits per heavy atom. The van der Waals surface area contributed by atoms with E-state index in [1.165, 1.54) is 25.9 Å². The molecule has 0 aromatic carbocycles. The summed E-state index contributed by atoms with van der Waals surface area (Å²) >= 11 is 0. The highest BCUT2D eigenvalue weighted by Gasteiger charge is 2.42. The van der Waals surface area contributed by atoms with E-state index < -0.39 is 0 Å². The number of ether oxygens (including phenoxy) is 1. The van der Waals surface area contributed by atoms with Crippen molar-refractivity contribution >= 4 is 0 Å². The van der Waals surface area contributed by atoms with Gasteiger partial charge in [-0.1, -0.05) is 6.92 Å². The molecule has 0 aromatic rings. The van der Waals surface area contributed by atoms with Crippen molar-refractivity contribution in [3.05, 3.63) is 0 Å². The van der Waals surface area contributed by atoms with E-state index in [9.17, 15) is 0 Å². The lowest BCUT2D eigenvalue weighted by atomic mass is 9.78. The fourth-order valence-electron chi connectivity index (χ4n) is 3.03. The summed E-state index contributed by atoms with van der Waals surface area (Å²) in [6.45, 7) is 11.4. The summed E-state index contributed by atoms with van der Waals surface area (Å²) in [7, 11) is 0. The fourth-order valence-corrected chi connectivity index (χ4v) is 3.03. The second-order valence-electron chi connectivity index (χ2n) is 5.64. The molecule has 14 heavy (non-hydrogen) atoms. The van der Waals surface area contributed by atoms with Gasteiger partial charge in [0.2, 0.25) is 0 Å². The van der Waals surface area contributed by atoms with Gasteiger partial charge in [0.1, 0.15) is 0 Å². The van der Waals surface area contributed by atoms with Gasteiger partial charge in [-0.25, -0.2) is 0 Å². The van der Waals surface area contributed by atoms with E-state index >= 15 is 0 Å². The molecule has 2 rings (SSSR count). The van der Waals surface area contributed by atoms with Crippen LogP contribution in [0.4, 0.5) is 0 Å². The van der Waals surface area contributed by atoms with Crippen LogP contribution in [0.25, 0.3) is 0 Å². The molecule has 2 nitrogen and oxygen atoms in total. The van der Waals surface area contributed by atoms with Crippen LogP contribution in [0, 0.1) is 11.3 Å². The van der Waals surface area contributed by atoms with Crippen LogP contribution in [0.2, 0.25) is 0 Å². The van der Waals surface area contributed by atoms with Gasteiger partial charge in [0.25, 0.3) is 0 Å². The third-order valence-corrected chi connectivity index (χ3v) is 3.79. The highest BCUT2D eigenvalue weighted by Crippen LogP contribution is 2.40. The first-order chi connectivity index (χ1) is 6.61. The van der Waals surface area contributed by atoms with Gasteiger partial charge in [0.05, 0.1) is 6.61 Å². The summed E-state index contributed by atoms with van der Waals surface area (Å²) in [6, 6.07) is 0.701. The predicted octanol–water partition coefficient (Wildman–Crippen LogP) is 2.14. The smallest absolute Gasteiger partial charge is 0.0535 e. The van der Waals surface area contributed by atoms with E-state index in [4.69, 9.17) is 4.74 Å². The van der Waals surface area contributed by atoms with Crippen LogP contribution in [0.5, 0.6) is 0 Å². The highest BCUT2D eigenvalue weighted by molar-refractivity contribution is 4.93. The number of nitrogens with zero attached hydrogens (tertiary/aromatic N) is 1. The van der Waals surface area contributed by atoms with Gasteiger partial charge in [-0.05, 0) is 39.2 Å². The molecule has 82 valence electrons. The van der Waals surface area contributed by atoms with Crippen LogP contribution in [0.15, 0.2) is 0 Å². The molecule has 2 saturated heterocycles. The van der Waals surface area contributed by atoms with Crippen molar-refractivity contribution in [3.8, 4) is 0 Å². The molecule has 0 aliphatic carbocycles. The Balaban J connectivity index is 1.97. The zero-order chi connectivity index (χ0) is 10.2. The SMILES string of the molecule is CC1COCC2(CCN(C(C)C)C2)C1. The van der Waals surface area contributed by atoms with Crippen LogP contribution >= 0.6 is 0 Å². The minimum Gasteiger partial charge on any atom is -0.381 e. The maximum absolute atomic E-state index is 5.72. The molecule has 2 atom stereocenters. The van der Waals surface area contributed by atoms with Gasteiger partial charge in [-0.15, -0.1) is 0 Å². The summed E-state index contributed by atoms with van der Waals surface area (Å²) in [5.41, 5.74) is 0.502. The van der Waals surface area contributed by atoms with Gasteiger partial charge < -0.3 is 9.64 Å². The Bertz CT molecular complexity index is 204. The van der Waals surface area contributed by atoms with Gasteiger partial charge >= 0.3 is 0 Å². The van der Waals surface area contributed by atoms with Crippen LogP contribution in [-0.2, 0) is 4.74 Å². The number of hydrogen-bond donors (Lipinski definition) is 0. The van der Waals surface area contributed by atoms with Crippen LogP contribution < -0.4 is 0 Å². The molecule has 0 bridgehead atoms. The summed E-state index contributed by atoms with van der Waals surface area (Å²) in [5, 5.41) is 0. The largest absolute Gasteiger partial charge is 0.381 e. The Hall–Kier alpha value is -0.0800. The van der Waals surface area contributed by atoms with Crippen molar-refractivity contribution in [2.24, 2.45) is 11.3 Å². The predicted molar refractivity (Wildman–Crippen MR) is 58.4 cm³/mol. The van der Waals surface area contributed by atoms with Crippen molar-refractivity contribution in [2.45, 2.75) is 39.7 Å². The number of rotatable bonds is 1. The third-order valence-electron chi connectivity index (χ3n) is 3.79. The number of hydrogen-bond acceptors (Lipinski definition) is 2. The lowest BCUT2D eigenvalue weighted by Gasteiger charge is -2.37. The Morgan fingerprint density at radius 1 is 1.43 bits per heavy atom. The number of likely N-dealkylation sites (tertiary alicyclic amines) is 1. The lowest BCUT2D eigenvalue weighted by molar-refractivity contribution is -0.0329. The summed E-state index contributed by atoms with van der Waals surface area (Å²) in [5.74, 6) is 0.760. The molecule has 2 aliphatic heterocycles. The molecule has 0 aromatic heterocycles. The highest BCUT2D eigenvalue weighted by atomic mass is 16.5. The van der Waals surface area contributed by atoms with E-state index in [1.807, 2.05) is 0 Å². The van der Waals surface area contributed by atoms with Crippen LogP contribution in [0.3, 0.4) is 0 Å². The standard InChI is InChI=1S/C12H23NO/c1-10(2)13-5-4-12(8-13)6-11(3)7-14-9-12/h10-11H,4-9H2,1-3H3. The zero-order valence-electron chi connectivity index (χ0n) is 9.75. The van der Waals surface area contributed by atoms with Crippen molar-refractivity contribution < 1.29 is 4.74 Å². The summed E-state index contributed by atoms with van der Waals surface area (Å²) in [6.07, 6.45) is 2.71. The summed E-state index contributed by atoms with van der Waals surface area (Å²) in [4.78, 5) is 2.60. The third kappa shape index (κ3) is 1.96. The maximum Gasteiger partial charge on any atom is 0.0535 e. The second-order valence-corrected chi connectivity index (χ2v) is 5.64. The van der Waals surface area contributed by atoms with Crippen LogP contribution in [-0.4, -0.2) is 37.2 Å². The van der Waals surface area contributed by atoms with Gasteiger partial charge in [0.15, 0.2) is 0 Å². The molecule has 0 amide bonds. The molecular formula is C12H23NO. The van der Waals surface area contributed by atoms with Crippen molar-refractivity contribution in [2.75, 3.05) is 26.3 Å². The van der Waals surface area contributed by atoms with Crippen LogP contribution in [0.1, 0.15) is 33.6 Å². The molecule has 2 unspecified atom stereocenters. The van der Waals surface area contributed by atoms with Gasteiger partial charge in [0, 0.05) is 24.6 Å². The van der Waals surface area contributed by atoms with Crippen molar-refractivity contribution in [1.82, 2.24) is 4.90 Å². The van der Waals surface area contributed by atoms with Gasteiger partial charge in [-0.2, -0.15) is 0 Å². The molecule has 0 N–H and O–H groups in total. The van der Waals surface area contributed by atoms with E-state index in [1.54, 1.807) is 0 Å². The molecule has 0 saturated carbocycles. The molecule has 0 radical (unpaired) electrons. The topological polar surface area (TPSA) is 12.5 Å². The molecular weight excluding hydrogens is 174 g/mol. The average Bonchev–Trinajstić information content (AvgIpc) is 2.49. The zero-order valence-corrected chi connectivity index (χ0v) is 9.75. The maximum atomic E-state index is 5.72. The Labute approximate surface area is 87.6 Å². The molecule has 2 fully saturated rings. The monoisotopic (exact) mass is 197 g/mol. The average molecular weight is 197 g/mol. The molecule has 2 heterocycles. The first-order valence-electron chi connectivity index (χ1n) is 5.93. The Kier molecular flexibility index (Phi) is 2.85. The normalized spacial score (nSPS) is 39.9.